The number of anilines is 1. The number of hydrogen-bond donors (Lipinski definition) is 2. The zero-order valence-electron chi connectivity index (χ0n) is 9.75. The Morgan fingerprint density at radius 1 is 1.61 bits per heavy atom. The Morgan fingerprint density at radius 2 is 2.22 bits per heavy atom. The van der Waals surface area contributed by atoms with E-state index in [0.717, 1.165) is 6.20 Å². The van der Waals surface area contributed by atoms with Gasteiger partial charge in [0.25, 0.3) is 5.69 Å². The summed E-state index contributed by atoms with van der Waals surface area (Å²) in [7, 11) is 0. The highest BCUT2D eigenvalue weighted by Crippen LogP contribution is 2.25. The topological polar surface area (TPSA) is 105 Å². The Bertz CT molecular complexity index is 478. The Labute approximate surface area is 112 Å². The van der Waals surface area contributed by atoms with E-state index in [0.29, 0.717) is 4.47 Å². The normalized spacial score (nSPS) is 12.2. The Hall–Kier alpha value is -1.70. The van der Waals surface area contributed by atoms with Crippen LogP contribution in [0.5, 0.6) is 0 Å². The van der Waals surface area contributed by atoms with E-state index in [1.54, 1.807) is 13.8 Å². The maximum absolute atomic E-state index is 11.0. The summed E-state index contributed by atoms with van der Waals surface area (Å²) in [5.41, 5.74) is -0.163. The molecule has 0 aromatic carbocycles. The maximum atomic E-state index is 11.0. The molecule has 1 heterocycles. The number of aliphatic carboxylic acids is 1. The molecule has 1 aromatic heterocycles. The SMILES string of the molecule is CC(C)C(Nc1ncc([N+](=O)[O-])cc1Br)C(=O)O. The van der Waals surface area contributed by atoms with Crippen LogP contribution in [0.15, 0.2) is 16.7 Å². The van der Waals surface area contributed by atoms with Gasteiger partial charge in [-0.1, -0.05) is 13.8 Å². The van der Waals surface area contributed by atoms with Crippen molar-refractivity contribution >= 4 is 33.4 Å². The van der Waals surface area contributed by atoms with E-state index in [-0.39, 0.29) is 17.4 Å². The van der Waals surface area contributed by atoms with Gasteiger partial charge in [-0.2, -0.15) is 0 Å². The molecule has 1 aromatic rings. The Kier molecular flexibility index (Phi) is 4.60. The first kappa shape index (κ1) is 14.4. The summed E-state index contributed by atoms with van der Waals surface area (Å²) in [5, 5.41) is 22.3. The number of nitrogens with one attached hydrogen (secondary N) is 1. The van der Waals surface area contributed by atoms with Crippen LogP contribution in [-0.2, 0) is 4.79 Å². The highest BCUT2D eigenvalue weighted by molar-refractivity contribution is 9.10. The van der Waals surface area contributed by atoms with Crippen molar-refractivity contribution in [3.8, 4) is 0 Å². The highest BCUT2D eigenvalue weighted by atomic mass is 79.9. The smallest absolute Gasteiger partial charge is 0.326 e. The Morgan fingerprint density at radius 3 is 2.61 bits per heavy atom. The van der Waals surface area contributed by atoms with Gasteiger partial charge in [-0.05, 0) is 21.8 Å². The van der Waals surface area contributed by atoms with Crippen LogP contribution in [0.4, 0.5) is 11.5 Å². The first-order valence-electron chi connectivity index (χ1n) is 5.12. The minimum atomic E-state index is -1.00. The lowest BCUT2D eigenvalue weighted by Crippen LogP contribution is -2.34. The summed E-state index contributed by atoms with van der Waals surface area (Å²) in [4.78, 5) is 24.8. The Balaban J connectivity index is 2.97. The first-order valence-corrected chi connectivity index (χ1v) is 5.91. The number of nitro groups is 1. The molecule has 2 N–H and O–H groups in total. The molecular weight excluding hydrogens is 306 g/mol. The van der Waals surface area contributed by atoms with Crippen molar-refractivity contribution in [2.24, 2.45) is 5.92 Å². The van der Waals surface area contributed by atoms with Gasteiger partial charge in [0.05, 0.1) is 9.40 Å². The molecule has 0 amide bonds. The molecule has 0 radical (unpaired) electrons. The van der Waals surface area contributed by atoms with Crippen LogP contribution in [-0.4, -0.2) is 27.0 Å². The summed E-state index contributed by atoms with van der Waals surface area (Å²) in [6.45, 7) is 3.51. The third kappa shape index (κ3) is 3.39. The predicted molar refractivity (Wildman–Crippen MR) is 68.5 cm³/mol. The zero-order chi connectivity index (χ0) is 13.9. The lowest BCUT2D eigenvalue weighted by Gasteiger charge is -2.18. The summed E-state index contributed by atoms with van der Waals surface area (Å²) in [6.07, 6.45) is 1.08. The average Bonchev–Trinajstić information content (AvgIpc) is 2.25. The molecule has 0 aliphatic heterocycles. The molecule has 0 saturated carbocycles. The van der Waals surface area contributed by atoms with Crippen LogP contribution in [0.3, 0.4) is 0 Å². The number of hydrogen-bond acceptors (Lipinski definition) is 5. The van der Waals surface area contributed by atoms with E-state index >= 15 is 0 Å². The predicted octanol–water partition coefficient (Wildman–Crippen LogP) is 2.27. The van der Waals surface area contributed by atoms with E-state index in [1.807, 2.05) is 0 Å². The first-order chi connectivity index (χ1) is 8.32. The molecule has 0 aliphatic carbocycles. The van der Waals surface area contributed by atoms with Gasteiger partial charge < -0.3 is 10.4 Å². The standard InChI is InChI=1S/C10H12BrN3O4/c1-5(2)8(10(15)16)13-9-7(11)3-6(4-12-9)14(17)18/h3-5,8H,1-2H3,(H,12,13)(H,15,16). The molecule has 0 spiro atoms. The molecule has 1 unspecified atom stereocenters. The van der Waals surface area contributed by atoms with Gasteiger partial charge in [-0.25, -0.2) is 9.78 Å². The van der Waals surface area contributed by atoms with Crippen LogP contribution >= 0.6 is 15.9 Å². The number of carbonyl (C=O) groups is 1. The van der Waals surface area contributed by atoms with Crippen LogP contribution < -0.4 is 5.32 Å². The number of halogens is 1. The van der Waals surface area contributed by atoms with Gasteiger partial charge >= 0.3 is 5.97 Å². The van der Waals surface area contributed by atoms with Crippen LogP contribution in [0.1, 0.15) is 13.8 Å². The lowest BCUT2D eigenvalue weighted by molar-refractivity contribution is -0.385. The van der Waals surface area contributed by atoms with Crippen molar-refractivity contribution in [3.63, 3.8) is 0 Å². The van der Waals surface area contributed by atoms with E-state index in [1.165, 1.54) is 6.07 Å². The molecule has 0 bridgehead atoms. The molecule has 0 aliphatic rings. The summed E-state index contributed by atoms with van der Waals surface area (Å²) >= 11 is 3.12. The molecule has 98 valence electrons. The van der Waals surface area contributed by atoms with Gasteiger partial charge in [-0.3, -0.25) is 10.1 Å². The fraction of sp³-hybridized carbons (Fsp3) is 0.400. The highest BCUT2D eigenvalue weighted by Gasteiger charge is 2.23. The van der Waals surface area contributed by atoms with Crippen molar-refractivity contribution in [3.05, 3.63) is 26.9 Å². The van der Waals surface area contributed by atoms with Crippen molar-refractivity contribution in [2.75, 3.05) is 5.32 Å². The van der Waals surface area contributed by atoms with Crippen molar-refractivity contribution in [1.82, 2.24) is 4.98 Å². The largest absolute Gasteiger partial charge is 0.480 e. The second kappa shape index (κ2) is 5.76. The van der Waals surface area contributed by atoms with E-state index in [2.05, 4.69) is 26.2 Å². The second-order valence-corrected chi connectivity index (χ2v) is 4.84. The molecule has 18 heavy (non-hydrogen) atoms. The number of nitrogens with zero attached hydrogens (tertiary/aromatic N) is 2. The van der Waals surface area contributed by atoms with Gasteiger partial charge in [0.1, 0.15) is 18.1 Å². The fourth-order valence-electron chi connectivity index (χ4n) is 1.29. The van der Waals surface area contributed by atoms with Gasteiger partial charge in [0.15, 0.2) is 0 Å². The van der Waals surface area contributed by atoms with Crippen LogP contribution in [0.2, 0.25) is 0 Å². The molecule has 8 heteroatoms. The fourth-order valence-corrected chi connectivity index (χ4v) is 1.75. The third-order valence-corrected chi connectivity index (χ3v) is 2.87. The summed E-state index contributed by atoms with van der Waals surface area (Å²) < 4.78 is 0.351. The molecule has 7 nitrogen and oxygen atoms in total. The third-order valence-electron chi connectivity index (χ3n) is 2.26. The number of carboxylic acid groups (broad SMARTS) is 1. The number of rotatable bonds is 5. The minimum absolute atomic E-state index is 0.147. The van der Waals surface area contributed by atoms with Gasteiger partial charge in [-0.15, -0.1) is 0 Å². The molecular formula is C10H12BrN3O4. The number of carboxylic acids is 1. The van der Waals surface area contributed by atoms with E-state index in [9.17, 15) is 14.9 Å². The van der Waals surface area contributed by atoms with Crippen molar-refractivity contribution < 1.29 is 14.8 Å². The van der Waals surface area contributed by atoms with Gasteiger partial charge in [0, 0.05) is 6.07 Å². The summed E-state index contributed by atoms with van der Waals surface area (Å²) in [6, 6.07) is 0.462. The average molecular weight is 318 g/mol. The van der Waals surface area contributed by atoms with Crippen molar-refractivity contribution in [2.45, 2.75) is 19.9 Å². The van der Waals surface area contributed by atoms with E-state index < -0.39 is 16.9 Å². The molecule has 1 atom stereocenters. The van der Waals surface area contributed by atoms with E-state index in [4.69, 9.17) is 5.11 Å². The second-order valence-electron chi connectivity index (χ2n) is 3.99. The van der Waals surface area contributed by atoms with Crippen LogP contribution in [0.25, 0.3) is 0 Å². The summed E-state index contributed by atoms with van der Waals surface area (Å²) in [5.74, 6) is -0.884. The van der Waals surface area contributed by atoms with Crippen molar-refractivity contribution in [1.29, 1.82) is 0 Å². The molecule has 0 saturated heterocycles. The van der Waals surface area contributed by atoms with Crippen LogP contribution in [0, 0.1) is 16.0 Å². The monoisotopic (exact) mass is 317 g/mol. The molecule has 0 fully saturated rings. The molecule has 1 rings (SSSR count). The maximum Gasteiger partial charge on any atom is 0.326 e. The number of aromatic nitrogens is 1. The lowest BCUT2D eigenvalue weighted by atomic mass is 10.1. The van der Waals surface area contributed by atoms with Gasteiger partial charge in [0.2, 0.25) is 0 Å². The quantitative estimate of drug-likeness (QED) is 0.637. The minimum Gasteiger partial charge on any atom is -0.480 e. The number of pyridine rings is 1. The zero-order valence-corrected chi connectivity index (χ0v) is 11.3.